The number of hydrogen-bond acceptors (Lipinski definition) is 4. The Bertz CT molecular complexity index is 974. The van der Waals surface area contributed by atoms with Gasteiger partial charge in [0.15, 0.2) is 0 Å². The summed E-state index contributed by atoms with van der Waals surface area (Å²) in [5, 5.41) is 7.94. The van der Waals surface area contributed by atoms with Crippen LogP contribution in [0.2, 0.25) is 10.0 Å². The third-order valence-corrected chi connectivity index (χ3v) is 4.92. The van der Waals surface area contributed by atoms with Crippen LogP contribution in [0.25, 0.3) is 11.3 Å². The van der Waals surface area contributed by atoms with Crippen LogP contribution in [0, 0.1) is 0 Å². The molecule has 0 spiro atoms. The van der Waals surface area contributed by atoms with Crippen LogP contribution >= 0.6 is 34.5 Å². The Kier molecular flexibility index (Phi) is 5.68. The molecule has 0 atom stereocenters. The monoisotopic (exact) mass is 390 g/mol. The van der Waals surface area contributed by atoms with Crippen molar-refractivity contribution in [1.29, 1.82) is 0 Å². The second-order valence-corrected chi connectivity index (χ2v) is 7.03. The molecule has 4 nitrogen and oxygen atoms in total. The van der Waals surface area contributed by atoms with Crippen LogP contribution in [0.15, 0.2) is 58.2 Å². The molecular weight excluding hydrogens is 375 g/mol. The number of halogens is 2. The first-order chi connectivity index (χ1) is 12.1. The average Bonchev–Trinajstić information content (AvgIpc) is 3.00. The largest absolute Gasteiger partial charge is 0.262 e. The Balaban J connectivity index is 2.24. The lowest BCUT2D eigenvalue weighted by molar-refractivity contribution is 0.840. The van der Waals surface area contributed by atoms with E-state index >= 15 is 0 Å². The third kappa shape index (κ3) is 4.18. The molecule has 25 heavy (non-hydrogen) atoms. The van der Waals surface area contributed by atoms with Crippen molar-refractivity contribution >= 4 is 45.9 Å². The van der Waals surface area contributed by atoms with Crippen LogP contribution in [0.5, 0.6) is 0 Å². The fraction of sp³-hybridized carbons (Fsp3) is 0.167. The van der Waals surface area contributed by atoms with E-state index in [1.165, 1.54) is 11.3 Å². The zero-order valence-electron chi connectivity index (χ0n) is 13.8. The Hall–Kier alpha value is -1.95. The molecule has 3 rings (SSSR count). The summed E-state index contributed by atoms with van der Waals surface area (Å²) in [6.07, 6.45) is 4.28. The van der Waals surface area contributed by atoms with Gasteiger partial charge in [0.1, 0.15) is 0 Å². The van der Waals surface area contributed by atoms with Gasteiger partial charge < -0.3 is 0 Å². The maximum Gasteiger partial charge on any atom is 0.211 e. The van der Waals surface area contributed by atoms with E-state index in [2.05, 4.69) is 16.9 Å². The third-order valence-electron chi connectivity index (χ3n) is 3.54. The van der Waals surface area contributed by atoms with E-state index in [1.807, 2.05) is 35.2 Å². The Labute approximate surface area is 160 Å². The molecule has 0 saturated heterocycles. The van der Waals surface area contributed by atoms with E-state index in [0.717, 1.165) is 33.9 Å². The van der Waals surface area contributed by atoms with Gasteiger partial charge in [-0.15, -0.1) is 11.3 Å². The maximum absolute atomic E-state index is 6.39. The van der Waals surface area contributed by atoms with Gasteiger partial charge in [-0.05, 0) is 43.7 Å². The van der Waals surface area contributed by atoms with Gasteiger partial charge >= 0.3 is 0 Å². The van der Waals surface area contributed by atoms with Crippen molar-refractivity contribution in [3.8, 4) is 11.3 Å². The van der Waals surface area contributed by atoms with E-state index in [0.29, 0.717) is 10.0 Å². The van der Waals surface area contributed by atoms with Gasteiger partial charge in [-0.25, -0.2) is 9.67 Å². The second-order valence-electron chi connectivity index (χ2n) is 5.35. The predicted molar refractivity (Wildman–Crippen MR) is 106 cm³/mol. The van der Waals surface area contributed by atoms with Gasteiger partial charge in [0.05, 0.1) is 22.6 Å². The number of aromatic nitrogens is 2. The minimum Gasteiger partial charge on any atom is -0.262 e. The van der Waals surface area contributed by atoms with Gasteiger partial charge in [0.25, 0.3) is 0 Å². The standard InChI is InChI=1S/C18H16Cl2N4S/c1-3-12(2)23-24-17(15-9-13(19)6-7-16(15)20)11-25-18(24)22-14-5-4-8-21-10-14/h4-11H,3H2,1-2H3. The zero-order valence-corrected chi connectivity index (χ0v) is 16.1. The van der Waals surface area contributed by atoms with E-state index in [9.17, 15) is 0 Å². The summed E-state index contributed by atoms with van der Waals surface area (Å²) in [5.74, 6) is 0. The van der Waals surface area contributed by atoms with E-state index < -0.39 is 0 Å². The van der Waals surface area contributed by atoms with Crippen LogP contribution in [-0.4, -0.2) is 15.4 Å². The van der Waals surface area contributed by atoms with Crippen LogP contribution < -0.4 is 4.80 Å². The Morgan fingerprint density at radius 2 is 2.12 bits per heavy atom. The minimum atomic E-state index is 0.619. The number of pyridine rings is 1. The first-order valence-electron chi connectivity index (χ1n) is 7.73. The molecule has 0 radical (unpaired) electrons. The normalized spacial score (nSPS) is 12.6. The highest BCUT2D eigenvalue weighted by Crippen LogP contribution is 2.31. The first-order valence-corrected chi connectivity index (χ1v) is 9.37. The summed E-state index contributed by atoms with van der Waals surface area (Å²) >= 11 is 14.0. The number of rotatable bonds is 4. The lowest BCUT2D eigenvalue weighted by atomic mass is 10.2. The van der Waals surface area contributed by atoms with E-state index in [-0.39, 0.29) is 0 Å². The van der Waals surface area contributed by atoms with Gasteiger partial charge in [0, 0.05) is 27.9 Å². The first kappa shape index (κ1) is 17.9. The molecule has 0 saturated carbocycles. The fourth-order valence-electron chi connectivity index (χ4n) is 2.12. The van der Waals surface area contributed by atoms with Crippen LogP contribution in [-0.2, 0) is 0 Å². The van der Waals surface area contributed by atoms with Crippen molar-refractivity contribution in [2.45, 2.75) is 20.3 Å². The molecule has 0 aliphatic rings. The average molecular weight is 391 g/mol. The maximum atomic E-state index is 6.39. The lowest BCUT2D eigenvalue weighted by Crippen LogP contribution is -2.13. The summed E-state index contributed by atoms with van der Waals surface area (Å²) < 4.78 is 1.81. The number of nitrogens with zero attached hydrogens (tertiary/aromatic N) is 4. The van der Waals surface area contributed by atoms with Crippen LogP contribution in [0.1, 0.15) is 20.3 Å². The van der Waals surface area contributed by atoms with Crippen molar-refractivity contribution in [1.82, 2.24) is 9.66 Å². The molecule has 7 heteroatoms. The van der Waals surface area contributed by atoms with Crippen molar-refractivity contribution < 1.29 is 0 Å². The number of hydrogen-bond donors (Lipinski definition) is 0. The molecule has 3 aromatic rings. The molecule has 0 amide bonds. The summed E-state index contributed by atoms with van der Waals surface area (Å²) in [6.45, 7) is 4.05. The number of benzene rings is 1. The highest BCUT2D eigenvalue weighted by Gasteiger charge is 2.12. The van der Waals surface area contributed by atoms with Gasteiger partial charge in [-0.3, -0.25) is 4.98 Å². The Morgan fingerprint density at radius 3 is 2.84 bits per heavy atom. The molecule has 0 fully saturated rings. The molecule has 2 heterocycles. The quantitative estimate of drug-likeness (QED) is 0.520. The smallest absolute Gasteiger partial charge is 0.211 e. The highest BCUT2D eigenvalue weighted by molar-refractivity contribution is 7.07. The predicted octanol–water partition coefficient (Wildman–Crippen LogP) is 5.78. The lowest BCUT2D eigenvalue weighted by Gasteiger charge is -2.07. The highest BCUT2D eigenvalue weighted by atomic mass is 35.5. The molecule has 0 bridgehead atoms. The number of thiazole rings is 1. The van der Waals surface area contributed by atoms with Gasteiger partial charge in [-0.2, -0.15) is 5.10 Å². The topological polar surface area (TPSA) is 42.5 Å². The van der Waals surface area contributed by atoms with Crippen molar-refractivity contribution in [2.75, 3.05) is 0 Å². The summed E-state index contributed by atoms with van der Waals surface area (Å²) in [6, 6.07) is 9.15. The second kappa shape index (κ2) is 7.95. The van der Waals surface area contributed by atoms with Crippen molar-refractivity contribution in [2.24, 2.45) is 10.1 Å². The fourth-order valence-corrected chi connectivity index (χ4v) is 3.35. The minimum absolute atomic E-state index is 0.619. The molecule has 128 valence electrons. The molecule has 2 aromatic heterocycles. The molecule has 0 aliphatic heterocycles. The molecular formula is C18H16Cl2N4S. The van der Waals surface area contributed by atoms with Gasteiger partial charge in [0.2, 0.25) is 4.80 Å². The van der Waals surface area contributed by atoms with E-state index in [1.54, 1.807) is 24.5 Å². The van der Waals surface area contributed by atoms with Gasteiger partial charge in [-0.1, -0.05) is 30.1 Å². The summed E-state index contributed by atoms with van der Waals surface area (Å²) in [7, 11) is 0. The SMILES string of the molecule is CCC(C)=Nn1c(-c2cc(Cl)ccc2Cl)csc1=Nc1cccnc1. The molecule has 1 aromatic carbocycles. The molecule has 0 aliphatic carbocycles. The van der Waals surface area contributed by atoms with Crippen LogP contribution in [0.3, 0.4) is 0 Å². The Morgan fingerprint density at radius 1 is 1.28 bits per heavy atom. The summed E-state index contributed by atoms with van der Waals surface area (Å²) in [5.41, 5.74) is 3.44. The van der Waals surface area contributed by atoms with Crippen molar-refractivity contribution in [3.05, 3.63) is 63.0 Å². The zero-order chi connectivity index (χ0) is 17.8. The van der Waals surface area contributed by atoms with Crippen molar-refractivity contribution in [3.63, 3.8) is 0 Å². The molecule has 0 unspecified atom stereocenters. The molecule has 0 N–H and O–H groups in total. The van der Waals surface area contributed by atoms with E-state index in [4.69, 9.17) is 28.3 Å². The summed E-state index contributed by atoms with van der Waals surface area (Å²) in [4.78, 5) is 9.51. The van der Waals surface area contributed by atoms with Crippen LogP contribution in [0.4, 0.5) is 5.69 Å².